The normalized spacial score (nSPS) is 11.1. The second kappa shape index (κ2) is 5.75. The average Bonchev–Trinajstić information content (AvgIpc) is 2.78. The van der Waals surface area contributed by atoms with E-state index in [0.29, 0.717) is 24.8 Å². The SMILES string of the molecule is Cc1ccc(-c2noc(CN(C)CCN)n2)cc1. The quantitative estimate of drug-likeness (QED) is 0.864. The van der Waals surface area contributed by atoms with Gasteiger partial charge in [-0.1, -0.05) is 35.0 Å². The molecule has 1 heterocycles. The molecule has 1 aromatic carbocycles. The molecule has 0 radical (unpaired) electrons. The molecule has 0 unspecified atom stereocenters. The molecule has 0 aliphatic carbocycles. The van der Waals surface area contributed by atoms with Crippen LogP contribution in [-0.2, 0) is 6.54 Å². The van der Waals surface area contributed by atoms with Gasteiger partial charge in [-0.05, 0) is 14.0 Å². The number of nitrogens with two attached hydrogens (primary N) is 1. The van der Waals surface area contributed by atoms with E-state index in [1.165, 1.54) is 5.56 Å². The van der Waals surface area contributed by atoms with Crippen molar-refractivity contribution in [3.63, 3.8) is 0 Å². The molecular formula is C13H18N4O. The van der Waals surface area contributed by atoms with Crippen molar-refractivity contribution >= 4 is 0 Å². The molecule has 0 aliphatic heterocycles. The largest absolute Gasteiger partial charge is 0.338 e. The Balaban J connectivity index is 2.08. The summed E-state index contributed by atoms with van der Waals surface area (Å²) in [5, 5.41) is 3.99. The Morgan fingerprint density at radius 1 is 1.28 bits per heavy atom. The zero-order valence-corrected chi connectivity index (χ0v) is 10.8. The molecule has 0 amide bonds. The molecule has 0 atom stereocenters. The van der Waals surface area contributed by atoms with Crippen LogP contribution < -0.4 is 5.73 Å². The van der Waals surface area contributed by atoms with Crippen LogP contribution in [0.15, 0.2) is 28.8 Å². The van der Waals surface area contributed by atoms with Gasteiger partial charge in [-0.2, -0.15) is 4.98 Å². The molecule has 5 heteroatoms. The predicted molar refractivity (Wildman–Crippen MR) is 69.9 cm³/mol. The fourth-order valence-corrected chi connectivity index (χ4v) is 1.67. The van der Waals surface area contributed by atoms with Crippen LogP contribution in [0.1, 0.15) is 11.5 Å². The van der Waals surface area contributed by atoms with Gasteiger partial charge in [0.05, 0.1) is 6.54 Å². The number of rotatable bonds is 5. The summed E-state index contributed by atoms with van der Waals surface area (Å²) in [6.45, 7) is 4.10. The molecule has 0 aliphatic rings. The van der Waals surface area contributed by atoms with Crippen molar-refractivity contribution in [2.24, 2.45) is 5.73 Å². The first kappa shape index (κ1) is 12.7. The summed E-state index contributed by atoms with van der Waals surface area (Å²) in [4.78, 5) is 6.42. The number of aryl methyl sites for hydroxylation is 1. The van der Waals surface area contributed by atoms with Gasteiger partial charge in [0.1, 0.15) is 0 Å². The number of likely N-dealkylation sites (N-methyl/N-ethyl adjacent to an activating group) is 1. The first-order chi connectivity index (χ1) is 8.69. The highest BCUT2D eigenvalue weighted by molar-refractivity contribution is 5.54. The van der Waals surface area contributed by atoms with Crippen LogP contribution in [0.5, 0.6) is 0 Å². The van der Waals surface area contributed by atoms with Crippen molar-refractivity contribution in [3.8, 4) is 11.4 Å². The first-order valence-corrected chi connectivity index (χ1v) is 5.97. The van der Waals surface area contributed by atoms with Gasteiger partial charge in [0.2, 0.25) is 11.7 Å². The van der Waals surface area contributed by atoms with Gasteiger partial charge in [0.25, 0.3) is 0 Å². The fourth-order valence-electron chi connectivity index (χ4n) is 1.67. The molecular weight excluding hydrogens is 228 g/mol. The standard InChI is InChI=1S/C13H18N4O/c1-10-3-5-11(6-4-10)13-15-12(18-16-13)9-17(2)8-7-14/h3-6H,7-9,14H2,1-2H3. The van der Waals surface area contributed by atoms with E-state index < -0.39 is 0 Å². The van der Waals surface area contributed by atoms with Crippen LogP contribution in [0, 0.1) is 6.92 Å². The molecule has 96 valence electrons. The molecule has 1 aromatic heterocycles. The number of benzene rings is 1. The lowest BCUT2D eigenvalue weighted by atomic mass is 10.1. The molecule has 18 heavy (non-hydrogen) atoms. The van der Waals surface area contributed by atoms with Gasteiger partial charge in [-0.3, -0.25) is 4.90 Å². The van der Waals surface area contributed by atoms with Crippen LogP contribution in [-0.4, -0.2) is 35.2 Å². The lowest BCUT2D eigenvalue weighted by molar-refractivity contribution is 0.272. The third-order valence-corrected chi connectivity index (χ3v) is 2.69. The van der Waals surface area contributed by atoms with Crippen molar-refractivity contribution in [2.75, 3.05) is 20.1 Å². The minimum atomic E-state index is 0.613. The molecule has 2 N–H and O–H groups in total. The van der Waals surface area contributed by atoms with Crippen LogP contribution in [0.3, 0.4) is 0 Å². The number of aromatic nitrogens is 2. The van der Waals surface area contributed by atoms with E-state index >= 15 is 0 Å². The fraction of sp³-hybridized carbons (Fsp3) is 0.385. The summed E-state index contributed by atoms with van der Waals surface area (Å²) < 4.78 is 5.22. The van der Waals surface area contributed by atoms with Crippen molar-refractivity contribution in [1.29, 1.82) is 0 Å². The van der Waals surface area contributed by atoms with E-state index in [1.807, 2.05) is 43.1 Å². The first-order valence-electron chi connectivity index (χ1n) is 5.97. The second-order valence-electron chi connectivity index (χ2n) is 4.40. The highest BCUT2D eigenvalue weighted by Gasteiger charge is 2.10. The van der Waals surface area contributed by atoms with Gasteiger partial charge < -0.3 is 10.3 Å². The molecule has 0 bridgehead atoms. The van der Waals surface area contributed by atoms with Crippen LogP contribution >= 0.6 is 0 Å². The molecule has 5 nitrogen and oxygen atoms in total. The Morgan fingerprint density at radius 3 is 2.67 bits per heavy atom. The van der Waals surface area contributed by atoms with Crippen LogP contribution in [0.25, 0.3) is 11.4 Å². The molecule has 2 rings (SSSR count). The van der Waals surface area contributed by atoms with Gasteiger partial charge in [0.15, 0.2) is 0 Å². The average molecular weight is 246 g/mol. The smallest absolute Gasteiger partial charge is 0.241 e. The summed E-state index contributed by atoms with van der Waals surface area (Å²) in [5.74, 6) is 1.24. The summed E-state index contributed by atoms with van der Waals surface area (Å²) in [5.41, 5.74) is 7.67. The maximum Gasteiger partial charge on any atom is 0.241 e. The Hall–Kier alpha value is -1.72. The zero-order valence-electron chi connectivity index (χ0n) is 10.8. The number of hydrogen-bond acceptors (Lipinski definition) is 5. The van der Waals surface area contributed by atoms with Crippen molar-refractivity contribution in [3.05, 3.63) is 35.7 Å². The molecule has 2 aromatic rings. The second-order valence-corrected chi connectivity index (χ2v) is 4.40. The summed E-state index contributed by atoms with van der Waals surface area (Å²) in [6, 6.07) is 8.05. The van der Waals surface area contributed by atoms with Crippen LogP contribution in [0.2, 0.25) is 0 Å². The third-order valence-electron chi connectivity index (χ3n) is 2.69. The maximum absolute atomic E-state index is 5.49. The van der Waals surface area contributed by atoms with E-state index in [1.54, 1.807) is 0 Å². The van der Waals surface area contributed by atoms with E-state index in [0.717, 1.165) is 12.1 Å². The van der Waals surface area contributed by atoms with Crippen molar-refractivity contribution in [1.82, 2.24) is 15.0 Å². The van der Waals surface area contributed by atoms with E-state index in [4.69, 9.17) is 10.3 Å². The monoisotopic (exact) mass is 246 g/mol. The van der Waals surface area contributed by atoms with Crippen LogP contribution in [0.4, 0.5) is 0 Å². The Labute approximate surface area is 107 Å². The summed E-state index contributed by atoms with van der Waals surface area (Å²) in [7, 11) is 1.97. The number of hydrogen-bond donors (Lipinski definition) is 1. The molecule has 0 saturated heterocycles. The number of nitrogens with zero attached hydrogens (tertiary/aromatic N) is 3. The minimum Gasteiger partial charge on any atom is -0.338 e. The Morgan fingerprint density at radius 2 is 2.00 bits per heavy atom. The van der Waals surface area contributed by atoms with Gasteiger partial charge >= 0.3 is 0 Å². The maximum atomic E-state index is 5.49. The lowest BCUT2D eigenvalue weighted by Gasteiger charge is -2.11. The van der Waals surface area contributed by atoms with Crippen molar-refractivity contribution in [2.45, 2.75) is 13.5 Å². The highest BCUT2D eigenvalue weighted by Crippen LogP contribution is 2.16. The van der Waals surface area contributed by atoms with E-state index in [-0.39, 0.29) is 0 Å². The molecule has 0 spiro atoms. The van der Waals surface area contributed by atoms with Gasteiger partial charge in [0, 0.05) is 18.7 Å². The predicted octanol–water partition coefficient (Wildman–Crippen LogP) is 1.44. The lowest BCUT2D eigenvalue weighted by Crippen LogP contribution is -2.25. The van der Waals surface area contributed by atoms with Crippen molar-refractivity contribution < 1.29 is 4.52 Å². The van der Waals surface area contributed by atoms with E-state index in [9.17, 15) is 0 Å². The molecule has 0 fully saturated rings. The third kappa shape index (κ3) is 3.15. The highest BCUT2D eigenvalue weighted by atomic mass is 16.5. The Kier molecular flexibility index (Phi) is 4.07. The molecule has 0 saturated carbocycles. The Bertz CT molecular complexity index is 492. The van der Waals surface area contributed by atoms with E-state index in [2.05, 4.69) is 10.1 Å². The van der Waals surface area contributed by atoms with Gasteiger partial charge in [-0.15, -0.1) is 0 Å². The summed E-state index contributed by atoms with van der Waals surface area (Å²) >= 11 is 0. The summed E-state index contributed by atoms with van der Waals surface area (Å²) in [6.07, 6.45) is 0. The minimum absolute atomic E-state index is 0.613. The zero-order chi connectivity index (χ0) is 13.0. The topological polar surface area (TPSA) is 68.2 Å². The van der Waals surface area contributed by atoms with Gasteiger partial charge in [-0.25, -0.2) is 0 Å².